The summed E-state index contributed by atoms with van der Waals surface area (Å²) in [7, 11) is 0. The molecule has 3 rings (SSSR count). The lowest BCUT2D eigenvalue weighted by atomic mass is 9.87. The third-order valence-corrected chi connectivity index (χ3v) is 5.87. The Morgan fingerprint density at radius 1 is 1.13 bits per heavy atom. The van der Waals surface area contributed by atoms with E-state index in [4.69, 9.17) is 11.6 Å². The van der Waals surface area contributed by atoms with Crippen LogP contribution in [-0.4, -0.2) is 32.6 Å². The van der Waals surface area contributed by atoms with E-state index in [0.717, 1.165) is 17.0 Å². The average molecular weight is 456 g/mol. The van der Waals surface area contributed by atoms with Crippen LogP contribution in [0.2, 0.25) is 5.02 Å². The molecule has 1 N–H and O–H groups in total. The number of halogens is 1. The molecule has 31 heavy (non-hydrogen) atoms. The summed E-state index contributed by atoms with van der Waals surface area (Å²) in [6, 6.07) is 15.6. The van der Waals surface area contributed by atoms with Gasteiger partial charge in [-0.1, -0.05) is 68.4 Å². The smallest absolute Gasteiger partial charge is 0.250 e. The molecule has 1 heterocycles. The van der Waals surface area contributed by atoms with Crippen LogP contribution in [0.1, 0.15) is 38.8 Å². The number of hydrazone groups is 1. The van der Waals surface area contributed by atoms with Crippen LogP contribution >= 0.6 is 23.4 Å². The highest BCUT2D eigenvalue weighted by Crippen LogP contribution is 2.25. The van der Waals surface area contributed by atoms with Crippen LogP contribution in [0.5, 0.6) is 0 Å². The fourth-order valence-corrected chi connectivity index (χ4v) is 3.82. The van der Waals surface area contributed by atoms with Gasteiger partial charge in [0.2, 0.25) is 0 Å². The molecule has 1 aromatic heterocycles. The zero-order valence-electron chi connectivity index (χ0n) is 18.1. The van der Waals surface area contributed by atoms with Gasteiger partial charge in [0.05, 0.1) is 12.0 Å². The van der Waals surface area contributed by atoms with E-state index in [1.807, 2.05) is 47.9 Å². The lowest BCUT2D eigenvalue weighted by molar-refractivity contribution is -0.118. The molecule has 0 atom stereocenters. The summed E-state index contributed by atoms with van der Waals surface area (Å²) in [4.78, 5) is 12.2. The largest absolute Gasteiger partial charge is 0.302 e. The van der Waals surface area contributed by atoms with Gasteiger partial charge in [-0.25, -0.2) is 5.43 Å². The second kappa shape index (κ2) is 10.1. The van der Waals surface area contributed by atoms with Crippen LogP contribution in [0.25, 0.3) is 11.4 Å². The first kappa shape index (κ1) is 23.0. The lowest BCUT2D eigenvalue weighted by Gasteiger charge is -2.18. The molecule has 0 radical (unpaired) electrons. The van der Waals surface area contributed by atoms with E-state index < -0.39 is 0 Å². The number of hydrogen-bond acceptors (Lipinski definition) is 5. The Bertz CT molecular complexity index is 1050. The van der Waals surface area contributed by atoms with E-state index in [1.54, 1.807) is 6.21 Å². The summed E-state index contributed by atoms with van der Waals surface area (Å²) in [5, 5.41) is 13.9. The number of aromatic nitrogens is 3. The lowest BCUT2D eigenvalue weighted by Crippen LogP contribution is -2.20. The third-order valence-electron chi connectivity index (χ3n) is 4.65. The van der Waals surface area contributed by atoms with Gasteiger partial charge in [-0.15, -0.1) is 10.2 Å². The average Bonchev–Trinajstić information content (AvgIpc) is 3.15. The van der Waals surface area contributed by atoms with E-state index in [1.165, 1.54) is 17.3 Å². The molecule has 0 aliphatic rings. The molecule has 6 nitrogen and oxygen atoms in total. The van der Waals surface area contributed by atoms with Crippen molar-refractivity contribution in [3.05, 3.63) is 64.7 Å². The van der Waals surface area contributed by atoms with E-state index in [9.17, 15) is 4.79 Å². The molecule has 0 aliphatic heterocycles. The Kier molecular flexibility index (Phi) is 7.51. The maximum atomic E-state index is 12.2. The molecule has 1 amide bonds. The van der Waals surface area contributed by atoms with E-state index in [-0.39, 0.29) is 17.1 Å². The van der Waals surface area contributed by atoms with Crippen LogP contribution < -0.4 is 5.43 Å². The summed E-state index contributed by atoms with van der Waals surface area (Å²) in [6.07, 6.45) is 1.64. The molecule has 0 unspecified atom stereocenters. The normalized spacial score (nSPS) is 11.8. The number of amides is 1. The van der Waals surface area contributed by atoms with Gasteiger partial charge < -0.3 is 4.57 Å². The minimum absolute atomic E-state index is 0.105. The molecule has 0 saturated carbocycles. The van der Waals surface area contributed by atoms with Crippen LogP contribution in [0.15, 0.2) is 58.8 Å². The second-order valence-electron chi connectivity index (χ2n) is 8.01. The molecule has 0 saturated heterocycles. The predicted molar refractivity (Wildman–Crippen MR) is 128 cm³/mol. The molecule has 0 fully saturated rings. The number of rotatable bonds is 7. The zero-order chi connectivity index (χ0) is 22.4. The number of thioether (sulfide) groups is 1. The minimum Gasteiger partial charge on any atom is -0.302 e. The van der Waals surface area contributed by atoms with Crippen LogP contribution in [-0.2, 0) is 16.8 Å². The highest BCUT2D eigenvalue weighted by Gasteiger charge is 2.15. The monoisotopic (exact) mass is 455 g/mol. The summed E-state index contributed by atoms with van der Waals surface area (Å²) < 4.78 is 1.97. The first-order valence-corrected chi connectivity index (χ1v) is 11.4. The minimum atomic E-state index is -0.203. The van der Waals surface area contributed by atoms with E-state index in [2.05, 4.69) is 53.6 Å². The van der Waals surface area contributed by atoms with Gasteiger partial charge >= 0.3 is 0 Å². The zero-order valence-corrected chi connectivity index (χ0v) is 19.7. The van der Waals surface area contributed by atoms with Crippen molar-refractivity contribution >= 4 is 35.5 Å². The molecule has 8 heteroatoms. The molecule has 162 valence electrons. The second-order valence-corrected chi connectivity index (χ2v) is 9.39. The Labute approximate surface area is 192 Å². The van der Waals surface area contributed by atoms with Crippen LogP contribution in [0.3, 0.4) is 0 Å². The van der Waals surface area contributed by atoms with Crippen molar-refractivity contribution in [2.24, 2.45) is 5.10 Å². The standard InChI is InChI=1S/C23H26ClN5OS/c1-5-29-21(17-8-12-19(24)13-9-17)27-28-22(29)31-15-20(30)26-25-14-16-6-10-18(11-7-16)23(2,3)4/h6-14H,5,15H2,1-4H3,(H,26,30)/b25-14+. The molecular weight excluding hydrogens is 430 g/mol. The fraction of sp³-hybridized carbons (Fsp3) is 0.304. The summed E-state index contributed by atoms with van der Waals surface area (Å²) in [5.41, 5.74) is 5.78. The molecule has 2 aromatic carbocycles. The van der Waals surface area contributed by atoms with Gasteiger partial charge in [0.15, 0.2) is 11.0 Å². The van der Waals surface area contributed by atoms with Gasteiger partial charge in [0, 0.05) is 17.1 Å². The highest BCUT2D eigenvalue weighted by molar-refractivity contribution is 7.99. The summed E-state index contributed by atoms with van der Waals surface area (Å²) in [6.45, 7) is 9.23. The third kappa shape index (κ3) is 6.18. The van der Waals surface area contributed by atoms with Crippen molar-refractivity contribution in [2.45, 2.75) is 44.8 Å². The van der Waals surface area contributed by atoms with Crippen molar-refractivity contribution in [2.75, 3.05) is 5.75 Å². The van der Waals surface area contributed by atoms with E-state index >= 15 is 0 Å². The van der Waals surface area contributed by atoms with Crippen molar-refractivity contribution < 1.29 is 4.79 Å². The topological polar surface area (TPSA) is 72.2 Å². The van der Waals surface area contributed by atoms with Gasteiger partial charge in [0.1, 0.15) is 0 Å². The quantitative estimate of drug-likeness (QED) is 0.303. The van der Waals surface area contributed by atoms with Crippen LogP contribution in [0.4, 0.5) is 0 Å². The van der Waals surface area contributed by atoms with Gasteiger partial charge in [-0.2, -0.15) is 5.10 Å². The van der Waals surface area contributed by atoms with Crippen molar-refractivity contribution in [3.63, 3.8) is 0 Å². The molecular formula is C23H26ClN5OS. The van der Waals surface area contributed by atoms with Crippen LogP contribution in [0, 0.1) is 0 Å². The van der Waals surface area contributed by atoms with E-state index in [0.29, 0.717) is 16.7 Å². The SMILES string of the molecule is CCn1c(SCC(=O)N/N=C/c2ccc(C(C)(C)C)cc2)nnc1-c1ccc(Cl)cc1. The van der Waals surface area contributed by atoms with Gasteiger partial charge in [0.25, 0.3) is 5.91 Å². The number of carbonyl (C=O) groups excluding carboxylic acids is 1. The number of nitrogens with one attached hydrogen (secondary N) is 1. The predicted octanol–water partition coefficient (Wildman–Crippen LogP) is 5.16. The van der Waals surface area contributed by atoms with Gasteiger partial charge in [-0.3, -0.25) is 4.79 Å². The fourth-order valence-electron chi connectivity index (χ4n) is 2.90. The Balaban J connectivity index is 1.56. The number of nitrogens with zero attached hydrogens (tertiary/aromatic N) is 4. The Hall–Kier alpha value is -2.64. The molecule has 0 spiro atoms. The first-order chi connectivity index (χ1) is 14.8. The highest BCUT2D eigenvalue weighted by atomic mass is 35.5. The molecule has 0 bridgehead atoms. The number of carbonyl (C=O) groups is 1. The molecule has 0 aliphatic carbocycles. The van der Waals surface area contributed by atoms with Crippen molar-refractivity contribution in [1.29, 1.82) is 0 Å². The summed E-state index contributed by atoms with van der Waals surface area (Å²) in [5.74, 6) is 0.740. The van der Waals surface area contributed by atoms with Gasteiger partial charge in [-0.05, 0) is 47.7 Å². The Morgan fingerprint density at radius 3 is 2.42 bits per heavy atom. The number of benzene rings is 2. The molecule has 3 aromatic rings. The Morgan fingerprint density at radius 2 is 1.81 bits per heavy atom. The maximum absolute atomic E-state index is 12.2. The van der Waals surface area contributed by atoms with Crippen molar-refractivity contribution in [1.82, 2.24) is 20.2 Å². The number of hydrogen-bond donors (Lipinski definition) is 1. The first-order valence-electron chi connectivity index (χ1n) is 10.0. The van der Waals surface area contributed by atoms with Crippen molar-refractivity contribution in [3.8, 4) is 11.4 Å². The maximum Gasteiger partial charge on any atom is 0.250 e. The summed E-state index contributed by atoms with van der Waals surface area (Å²) >= 11 is 7.29.